The van der Waals surface area contributed by atoms with E-state index in [2.05, 4.69) is 5.32 Å². The molecular formula is C12H11NO2S. The van der Waals surface area contributed by atoms with Gasteiger partial charge in [0.15, 0.2) is 0 Å². The monoisotopic (exact) mass is 233 g/mol. The van der Waals surface area contributed by atoms with E-state index in [1.54, 1.807) is 6.08 Å². The molecule has 0 unspecified atom stereocenters. The van der Waals surface area contributed by atoms with Crippen LogP contribution in [0.3, 0.4) is 0 Å². The molecular weight excluding hydrogens is 222 g/mol. The highest BCUT2D eigenvalue weighted by Gasteiger charge is 2.24. The Labute approximate surface area is 97.9 Å². The van der Waals surface area contributed by atoms with Crippen LogP contribution in [0, 0.1) is 13.8 Å². The molecule has 2 amide bonds. The Morgan fingerprint density at radius 3 is 2.56 bits per heavy atom. The molecule has 0 radical (unpaired) electrons. The van der Waals surface area contributed by atoms with E-state index >= 15 is 0 Å². The average molecular weight is 233 g/mol. The summed E-state index contributed by atoms with van der Waals surface area (Å²) >= 11 is 0.943. The zero-order valence-electron chi connectivity index (χ0n) is 9.03. The van der Waals surface area contributed by atoms with E-state index in [0.717, 1.165) is 22.9 Å². The molecule has 1 saturated heterocycles. The summed E-state index contributed by atoms with van der Waals surface area (Å²) in [6.07, 6.45) is 1.75. The van der Waals surface area contributed by atoms with Crippen LogP contribution < -0.4 is 5.32 Å². The summed E-state index contributed by atoms with van der Waals surface area (Å²) in [5.74, 6) is -0.310. The van der Waals surface area contributed by atoms with Crippen LogP contribution in [0.2, 0.25) is 0 Å². The summed E-state index contributed by atoms with van der Waals surface area (Å²) in [7, 11) is 0. The van der Waals surface area contributed by atoms with E-state index < -0.39 is 0 Å². The lowest BCUT2D eigenvalue weighted by atomic mass is 10.1. The van der Waals surface area contributed by atoms with Crippen LogP contribution in [0.5, 0.6) is 0 Å². The van der Waals surface area contributed by atoms with E-state index in [-0.39, 0.29) is 11.1 Å². The Hall–Kier alpha value is -1.55. The van der Waals surface area contributed by atoms with Crippen molar-refractivity contribution < 1.29 is 9.59 Å². The van der Waals surface area contributed by atoms with E-state index in [9.17, 15) is 9.59 Å². The number of amides is 2. The lowest BCUT2D eigenvalue weighted by Crippen LogP contribution is -2.17. The second-order valence-electron chi connectivity index (χ2n) is 3.71. The molecule has 1 N–H and O–H groups in total. The molecule has 3 nitrogen and oxygen atoms in total. The van der Waals surface area contributed by atoms with Gasteiger partial charge in [-0.2, -0.15) is 0 Å². The predicted molar refractivity (Wildman–Crippen MR) is 65.0 cm³/mol. The van der Waals surface area contributed by atoms with Gasteiger partial charge in [-0.1, -0.05) is 23.8 Å². The van der Waals surface area contributed by atoms with Crippen molar-refractivity contribution in [1.82, 2.24) is 5.32 Å². The number of carbonyl (C=O) groups is 2. The standard InChI is InChI=1S/C12H11NO2S/c1-7-3-4-9(8(2)5-7)6-10-11(14)13-12(15)16-10/h3-6H,1-2H3,(H,13,14,15). The van der Waals surface area contributed by atoms with Crippen LogP contribution in [0.4, 0.5) is 4.79 Å². The zero-order valence-corrected chi connectivity index (χ0v) is 9.85. The predicted octanol–water partition coefficient (Wildman–Crippen LogP) is 2.63. The highest BCUT2D eigenvalue weighted by molar-refractivity contribution is 8.18. The average Bonchev–Trinajstić information content (AvgIpc) is 2.50. The minimum atomic E-state index is -0.310. The van der Waals surface area contributed by atoms with Gasteiger partial charge >= 0.3 is 0 Å². The van der Waals surface area contributed by atoms with Crippen molar-refractivity contribution in [2.45, 2.75) is 13.8 Å². The fraction of sp³-hybridized carbons (Fsp3) is 0.167. The number of hydrogen-bond donors (Lipinski definition) is 1. The van der Waals surface area contributed by atoms with Crippen LogP contribution >= 0.6 is 11.8 Å². The van der Waals surface area contributed by atoms with Gasteiger partial charge in [0.2, 0.25) is 0 Å². The summed E-state index contributed by atoms with van der Waals surface area (Å²) < 4.78 is 0. The van der Waals surface area contributed by atoms with Gasteiger partial charge in [-0.3, -0.25) is 14.9 Å². The Bertz CT molecular complexity index is 506. The van der Waals surface area contributed by atoms with Crippen molar-refractivity contribution in [3.05, 3.63) is 39.8 Å². The number of nitrogens with one attached hydrogen (secondary N) is 1. The molecule has 1 aliphatic rings. The van der Waals surface area contributed by atoms with Gasteiger partial charge in [-0.05, 0) is 42.8 Å². The maximum absolute atomic E-state index is 11.3. The molecule has 0 bridgehead atoms. The number of hydrogen-bond acceptors (Lipinski definition) is 3. The Morgan fingerprint density at radius 1 is 1.25 bits per heavy atom. The molecule has 0 aliphatic carbocycles. The van der Waals surface area contributed by atoms with Crippen molar-refractivity contribution in [2.24, 2.45) is 0 Å². The number of carbonyl (C=O) groups excluding carboxylic acids is 2. The molecule has 4 heteroatoms. The van der Waals surface area contributed by atoms with Crippen molar-refractivity contribution >= 4 is 29.0 Å². The second kappa shape index (κ2) is 4.14. The fourth-order valence-corrected chi connectivity index (χ4v) is 2.22. The van der Waals surface area contributed by atoms with E-state index in [0.29, 0.717) is 4.91 Å². The minimum Gasteiger partial charge on any atom is -0.282 e. The van der Waals surface area contributed by atoms with Crippen LogP contribution in [0.1, 0.15) is 16.7 Å². The first-order valence-electron chi connectivity index (χ1n) is 4.88. The second-order valence-corrected chi connectivity index (χ2v) is 4.73. The number of imide groups is 1. The molecule has 1 aromatic carbocycles. The van der Waals surface area contributed by atoms with E-state index in [1.165, 1.54) is 5.56 Å². The Morgan fingerprint density at radius 2 is 2.00 bits per heavy atom. The summed E-state index contributed by atoms with van der Waals surface area (Å²) in [6.45, 7) is 4.00. The molecule has 0 spiro atoms. The highest BCUT2D eigenvalue weighted by atomic mass is 32.2. The topological polar surface area (TPSA) is 46.2 Å². The SMILES string of the molecule is Cc1ccc(C=C2SC(=O)NC2=O)c(C)c1. The van der Waals surface area contributed by atoms with Crippen LogP contribution in [-0.4, -0.2) is 11.1 Å². The maximum Gasteiger partial charge on any atom is 0.290 e. The van der Waals surface area contributed by atoms with Gasteiger partial charge in [0.1, 0.15) is 0 Å². The Balaban J connectivity index is 2.36. The van der Waals surface area contributed by atoms with Gasteiger partial charge in [-0.15, -0.1) is 0 Å². The lowest BCUT2D eigenvalue weighted by Gasteiger charge is -2.02. The van der Waals surface area contributed by atoms with Crippen molar-refractivity contribution in [2.75, 3.05) is 0 Å². The molecule has 1 fully saturated rings. The van der Waals surface area contributed by atoms with E-state index in [1.807, 2.05) is 32.0 Å². The third kappa shape index (κ3) is 2.17. The quantitative estimate of drug-likeness (QED) is 0.758. The normalized spacial score (nSPS) is 18.0. The zero-order chi connectivity index (χ0) is 11.7. The van der Waals surface area contributed by atoms with Gasteiger partial charge in [0.05, 0.1) is 4.91 Å². The summed E-state index contributed by atoms with van der Waals surface area (Å²) in [4.78, 5) is 22.8. The molecule has 16 heavy (non-hydrogen) atoms. The molecule has 0 aromatic heterocycles. The highest BCUT2D eigenvalue weighted by Crippen LogP contribution is 2.26. The molecule has 1 aromatic rings. The Kier molecular flexibility index (Phi) is 2.83. The van der Waals surface area contributed by atoms with Crippen LogP contribution in [0.15, 0.2) is 23.1 Å². The molecule has 2 rings (SSSR count). The number of rotatable bonds is 1. The lowest BCUT2D eigenvalue weighted by molar-refractivity contribution is -0.115. The minimum absolute atomic E-state index is 0.305. The summed E-state index contributed by atoms with van der Waals surface area (Å²) in [6, 6.07) is 5.98. The van der Waals surface area contributed by atoms with Gasteiger partial charge in [0, 0.05) is 0 Å². The molecule has 0 atom stereocenters. The van der Waals surface area contributed by atoms with Crippen molar-refractivity contribution in [3.63, 3.8) is 0 Å². The summed E-state index contributed by atoms with van der Waals surface area (Å²) in [5, 5.41) is 1.93. The number of thioether (sulfide) groups is 1. The van der Waals surface area contributed by atoms with Crippen LogP contribution in [0.25, 0.3) is 6.08 Å². The fourth-order valence-electron chi connectivity index (χ4n) is 1.55. The first-order chi connectivity index (χ1) is 7.56. The van der Waals surface area contributed by atoms with Gasteiger partial charge in [-0.25, -0.2) is 0 Å². The molecule has 1 aliphatic heterocycles. The molecule has 82 valence electrons. The maximum atomic E-state index is 11.3. The number of benzene rings is 1. The largest absolute Gasteiger partial charge is 0.290 e. The van der Waals surface area contributed by atoms with Crippen molar-refractivity contribution in [3.8, 4) is 0 Å². The third-order valence-corrected chi connectivity index (χ3v) is 3.16. The van der Waals surface area contributed by atoms with E-state index in [4.69, 9.17) is 0 Å². The summed E-state index contributed by atoms with van der Waals surface area (Å²) in [5.41, 5.74) is 3.25. The van der Waals surface area contributed by atoms with Gasteiger partial charge in [0.25, 0.3) is 11.1 Å². The first-order valence-corrected chi connectivity index (χ1v) is 5.70. The van der Waals surface area contributed by atoms with Crippen LogP contribution in [-0.2, 0) is 4.79 Å². The first kappa shape index (κ1) is 11.0. The van der Waals surface area contributed by atoms with Gasteiger partial charge < -0.3 is 0 Å². The smallest absolute Gasteiger partial charge is 0.282 e. The third-order valence-electron chi connectivity index (χ3n) is 2.35. The molecule has 0 saturated carbocycles. The molecule has 1 heterocycles. The van der Waals surface area contributed by atoms with Crippen molar-refractivity contribution in [1.29, 1.82) is 0 Å². The number of aryl methyl sites for hydroxylation is 2.